The number of nitrogens with two attached hydrogens (primary N) is 1. The van der Waals surface area contributed by atoms with Crippen LogP contribution in [0.15, 0.2) is 24.4 Å². The fourth-order valence-electron chi connectivity index (χ4n) is 3.17. The van der Waals surface area contributed by atoms with Crippen molar-refractivity contribution in [1.29, 1.82) is 0 Å². The van der Waals surface area contributed by atoms with Crippen molar-refractivity contribution >= 4 is 5.65 Å². The van der Waals surface area contributed by atoms with Crippen LogP contribution in [0.4, 0.5) is 0 Å². The predicted octanol–water partition coefficient (Wildman–Crippen LogP) is 1.82. The van der Waals surface area contributed by atoms with Crippen LogP contribution < -0.4 is 5.73 Å². The number of aromatic nitrogens is 2. The standard InChI is InChI=1S/C15H22N4/c1-2-18-8-4-6-13(18)9-12-11-19-14(10-16)5-3-7-15(19)17-12/h3,5,7,11,13H,2,4,6,8-10,16H2,1H3. The Labute approximate surface area is 114 Å². The lowest BCUT2D eigenvalue weighted by Crippen LogP contribution is -2.30. The number of hydrogen-bond acceptors (Lipinski definition) is 3. The van der Waals surface area contributed by atoms with E-state index >= 15 is 0 Å². The molecule has 3 rings (SSSR count). The Kier molecular flexibility index (Phi) is 3.53. The summed E-state index contributed by atoms with van der Waals surface area (Å²) < 4.78 is 2.13. The molecule has 1 atom stereocenters. The van der Waals surface area contributed by atoms with Gasteiger partial charge in [0.25, 0.3) is 0 Å². The molecule has 4 nitrogen and oxygen atoms in total. The second kappa shape index (κ2) is 5.31. The van der Waals surface area contributed by atoms with Crippen LogP contribution >= 0.6 is 0 Å². The number of pyridine rings is 1. The number of fused-ring (bicyclic) bond motifs is 1. The van der Waals surface area contributed by atoms with E-state index in [1.807, 2.05) is 6.07 Å². The molecule has 1 unspecified atom stereocenters. The molecule has 1 aliphatic heterocycles. The molecule has 2 aromatic rings. The van der Waals surface area contributed by atoms with E-state index in [9.17, 15) is 0 Å². The third kappa shape index (κ3) is 2.38. The van der Waals surface area contributed by atoms with Crippen LogP contribution in [0.25, 0.3) is 5.65 Å². The monoisotopic (exact) mass is 258 g/mol. The van der Waals surface area contributed by atoms with Crippen LogP contribution in [0.1, 0.15) is 31.2 Å². The molecule has 0 spiro atoms. The van der Waals surface area contributed by atoms with E-state index in [1.54, 1.807) is 0 Å². The van der Waals surface area contributed by atoms with Gasteiger partial charge in [0, 0.05) is 30.9 Å². The van der Waals surface area contributed by atoms with Crippen molar-refractivity contribution in [2.24, 2.45) is 5.73 Å². The molecule has 2 aromatic heterocycles. The lowest BCUT2D eigenvalue weighted by molar-refractivity contribution is 0.265. The van der Waals surface area contributed by atoms with Gasteiger partial charge < -0.3 is 15.0 Å². The summed E-state index contributed by atoms with van der Waals surface area (Å²) in [5, 5.41) is 0. The van der Waals surface area contributed by atoms with Gasteiger partial charge in [-0.15, -0.1) is 0 Å². The molecule has 2 N–H and O–H groups in total. The van der Waals surface area contributed by atoms with Crippen LogP contribution in [0.2, 0.25) is 0 Å². The van der Waals surface area contributed by atoms with Crippen molar-refractivity contribution in [1.82, 2.24) is 14.3 Å². The summed E-state index contributed by atoms with van der Waals surface area (Å²) >= 11 is 0. The smallest absolute Gasteiger partial charge is 0.137 e. The minimum absolute atomic E-state index is 0.553. The summed E-state index contributed by atoms with van der Waals surface area (Å²) in [6, 6.07) is 6.81. The van der Waals surface area contributed by atoms with Crippen LogP contribution in [-0.4, -0.2) is 33.4 Å². The maximum atomic E-state index is 5.78. The molecule has 3 heterocycles. The average molecular weight is 258 g/mol. The number of nitrogens with zero attached hydrogens (tertiary/aromatic N) is 3. The molecular weight excluding hydrogens is 236 g/mol. The van der Waals surface area contributed by atoms with Gasteiger partial charge in [0.2, 0.25) is 0 Å². The number of imidazole rings is 1. The van der Waals surface area contributed by atoms with Crippen molar-refractivity contribution in [3.63, 3.8) is 0 Å². The van der Waals surface area contributed by atoms with Gasteiger partial charge >= 0.3 is 0 Å². The second-order valence-corrected chi connectivity index (χ2v) is 5.31. The van der Waals surface area contributed by atoms with Crippen LogP contribution in [0.3, 0.4) is 0 Å². The van der Waals surface area contributed by atoms with Crippen LogP contribution in [0, 0.1) is 0 Å². The minimum atomic E-state index is 0.553. The Balaban J connectivity index is 1.85. The normalized spacial score (nSPS) is 20.4. The number of likely N-dealkylation sites (N-methyl/N-ethyl adjacent to an activating group) is 1. The third-order valence-corrected chi connectivity index (χ3v) is 4.19. The SMILES string of the molecule is CCN1CCCC1Cc1cn2c(CN)cccc2n1. The Morgan fingerprint density at radius 2 is 2.32 bits per heavy atom. The molecule has 0 aromatic carbocycles. The molecule has 1 saturated heterocycles. The number of likely N-dealkylation sites (tertiary alicyclic amines) is 1. The lowest BCUT2D eigenvalue weighted by Gasteiger charge is -2.21. The highest BCUT2D eigenvalue weighted by molar-refractivity contribution is 5.42. The summed E-state index contributed by atoms with van der Waals surface area (Å²) in [6.07, 6.45) is 5.83. The Morgan fingerprint density at radius 3 is 3.11 bits per heavy atom. The maximum Gasteiger partial charge on any atom is 0.137 e. The summed E-state index contributed by atoms with van der Waals surface area (Å²) in [7, 11) is 0. The summed E-state index contributed by atoms with van der Waals surface area (Å²) in [5.41, 5.74) is 9.10. The van der Waals surface area contributed by atoms with E-state index < -0.39 is 0 Å². The van der Waals surface area contributed by atoms with E-state index in [0.29, 0.717) is 12.6 Å². The minimum Gasteiger partial charge on any atom is -0.325 e. The highest BCUT2D eigenvalue weighted by Crippen LogP contribution is 2.21. The first kappa shape index (κ1) is 12.6. The zero-order chi connectivity index (χ0) is 13.2. The first-order valence-corrected chi connectivity index (χ1v) is 7.21. The molecule has 0 amide bonds. The van der Waals surface area contributed by atoms with Crippen molar-refractivity contribution < 1.29 is 0 Å². The molecule has 19 heavy (non-hydrogen) atoms. The average Bonchev–Trinajstić information content (AvgIpc) is 3.04. The molecule has 102 valence electrons. The number of hydrogen-bond donors (Lipinski definition) is 1. The van der Waals surface area contributed by atoms with E-state index in [4.69, 9.17) is 10.7 Å². The van der Waals surface area contributed by atoms with Crippen LogP contribution in [-0.2, 0) is 13.0 Å². The van der Waals surface area contributed by atoms with Gasteiger partial charge in [-0.25, -0.2) is 4.98 Å². The third-order valence-electron chi connectivity index (χ3n) is 4.19. The molecule has 0 aliphatic carbocycles. The van der Waals surface area contributed by atoms with E-state index in [2.05, 4.69) is 34.6 Å². The lowest BCUT2D eigenvalue weighted by atomic mass is 10.1. The molecule has 1 fully saturated rings. The van der Waals surface area contributed by atoms with Gasteiger partial charge in [-0.1, -0.05) is 13.0 Å². The van der Waals surface area contributed by atoms with E-state index in [-0.39, 0.29) is 0 Å². The number of rotatable bonds is 4. The molecule has 0 radical (unpaired) electrons. The van der Waals surface area contributed by atoms with Crippen molar-refractivity contribution in [3.05, 3.63) is 35.8 Å². The topological polar surface area (TPSA) is 46.6 Å². The van der Waals surface area contributed by atoms with Crippen molar-refractivity contribution in [2.75, 3.05) is 13.1 Å². The summed E-state index contributed by atoms with van der Waals surface area (Å²) in [5.74, 6) is 0. The van der Waals surface area contributed by atoms with E-state index in [0.717, 1.165) is 24.3 Å². The van der Waals surface area contributed by atoms with Gasteiger partial charge in [0.1, 0.15) is 5.65 Å². The first-order chi connectivity index (χ1) is 9.31. The Morgan fingerprint density at radius 1 is 1.42 bits per heavy atom. The van der Waals surface area contributed by atoms with Gasteiger partial charge in [-0.2, -0.15) is 0 Å². The molecular formula is C15H22N4. The highest BCUT2D eigenvalue weighted by Gasteiger charge is 2.23. The molecule has 1 aliphatic rings. The van der Waals surface area contributed by atoms with Crippen molar-refractivity contribution in [2.45, 2.75) is 38.8 Å². The zero-order valence-corrected chi connectivity index (χ0v) is 11.5. The summed E-state index contributed by atoms with van der Waals surface area (Å²) in [6.45, 7) is 5.18. The molecule has 0 saturated carbocycles. The van der Waals surface area contributed by atoms with Crippen molar-refractivity contribution in [3.8, 4) is 0 Å². The Hall–Kier alpha value is -1.39. The van der Waals surface area contributed by atoms with Gasteiger partial charge in [-0.3, -0.25) is 0 Å². The summed E-state index contributed by atoms with van der Waals surface area (Å²) in [4.78, 5) is 7.30. The molecule has 4 heteroatoms. The zero-order valence-electron chi connectivity index (χ0n) is 11.5. The highest BCUT2D eigenvalue weighted by atomic mass is 15.2. The van der Waals surface area contributed by atoms with Gasteiger partial charge in [0.15, 0.2) is 0 Å². The Bertz CT molecular complexity index is 560. The van der Waals surface area contributed by atoms with Gasteiger partial charge in [-0.05, 0) is 38.1 Å². The largest absolute Gasteiger partial charge is 0.325 e. The first-order valence-electron chi connectivity index (χ1n) is 7.21. The second-order valence-electron chi connectivity index (χ2n) is 5.31. The fourth-order valence-corrected chi connectivity index (χ4v) is 3.17. The predicted molar refractivity (Wildman–Crippen MR) is 77.1 cm³/mol. The molecule has 0 bridgehead atoms. The van der Waals surface area contributed by atoms with Crippen LogP contribution in [0.5, 0.6) is 0 Å². The van der Waals surface area contributed by atoms with E-state index in [1.165, 1.54) is 25.1 Å². The van der Waals surface area contributed by atoms with Gasteiger partial charge in [0.05, 0.1) is 5.69 Å². The maximum absolute atomic E-state index is 5.78. The fraction of sp³-hybridized carbons (Fsp3) is 0.533. The quantitative estimate of drug-likeness (QED) is 0.910.